The fraction of sp³-hybridized carbons (Fsp3) is 0.200. The van der Waals surface area contributed by atoms with Crippen molar-refractivity contribution in [3.05, 3.63) is 69.5 Å². The topological polar surface area (TPSA) is 84.5 Å². The smallest absolute Gasteiger partial charge is 0.341 e. The summed E-state index contributed by atoms with van der Waals surface area (Å²) in [6.45, 7) is 0.707. The number of piperazine rings is 1. The Morgan fingerprint density at radius 3 is 2.40 bits per heavy atom. The summed E-state index contributed by atoms with van der Waals surface area (Å²) in [6.07, 6.45) is 0.761. The first-order chi connectivity index (χ1) is 14.3. The molecule has 2 fully saturated rings. The maximum absolute atomic E-state index is 15.6. The summed E-state index contributed by atoms with van der Waals surface area (Å²) in [5, 5.41) is 11.9. The average Bonchev–Trinajstić information content (AvgIpc) is 3.28. The van der Waals surface area contributed by atoms with Gasteiger partial charge in [-0.2, -0.15) is 0 Å². The highest BCUT2D eigenvalue weighted by Crippen LogP contribution is 2.35. The predicted molar refractivity (Wildman–Crippen MR) is 99.3 cm³/mol. The number of pyridine rings is 1. The molecule has 0 bridgehead atoms. The molecule has 0 spiro atoms. The van der Waals surface area contributed by atoms with Crippen molar-refractivity contribution >= 4 is 22.6 Å². The minimum atomic E-state index is -1.64. The number of hydrogen-bond acceptors (Lipinski definition) is 4. The molecule has 2 aromatic carbocycles. The quantitative estimate of drug-likeness (QED) is 0.503. The third kappa shape index (κ3) is 2.67. The van der Waals surface area contributed by atoms with Gasteiger partial charge in [-0.25, -0.2) is 22.4 Å². The average molecular weight is 419 g/mol. The first-order valence-corrected chi connectivity index (χ1v) is 9.03. The van der Waals surface area contributed by atoms with Gasteiger partial charge < -0.3 is 19.9 Å². The van der Waals surface area contributed by atoms with Gasteiger partial charge >= 0.3 is 5.97 Å². The van der Waals surface area contributed by atoms with Crippen molar-refractivity contribution in [3.63, 3.8) is 0 Å². The lowest BCUT2D eigenvalue weighted by Gasteiger charge is -2.23. The fourth-order valence-corrected chi connectivity index (χ4v) is 4.02. The second-order valence-corrected chi connectivity index (χ2v) is 7.34. The summed E-state index contributed by atoms with van der Waals surface area (Å²) in [5.74, 6) is -5.78. The molecule has 0 amide bonds. The molecule has 10 heteroatoms. The van der Waals surface area contributed by atoms with E-state index in [9.17, 15) is 27.9 Å². The number of rotatable bonds is 3. The van der Waals surface area contributed by atoms with Crippen LogP contribution in [0.4, 0.5) is 23.2 Å². The van der Waals surface area contributed by atoms with E-state index in [-0.39, 0.29) is 23.5 Å². The van der Waals surface area contributed by atoms with E-state index >= 15 is 4.39 Å². The summed E-state index contributed by atoms with van der Waals surface area (Å²) in [4.78, 5) is 25.6. The van der Waals surface area contributed by atoms with Crippen LogP contribution in [0.3, 0.4) is 0 Å². The van der Waals surface area contributed by atoms with E-state index in [0.29, 0.717) is 19.2 Å². The minimum absolute atomic E-state index is 0.116. The standard InChI is InChI=1S/C20H13F4N3O3/c21-8-1-2-15(11(22)3-8)27-5-10(20(29)30)19(28)9-4-12(23)18(16(24)17(9)27)26-6-13-14(7-26)25-13/h1-5,13-14,25H,6-7H2,(H,29,30). The molecular weight excluding hydrogens is 406 g/mol. The van der Waals surface area contributed by atoms with Crippen LogP contribution >= 0.6 is 0 Å². The SMILES string of the molecule is O=C(O)c1cn(-c2ccc(F)cc2F)c2c(F)c(N3CC4NC4C3)c(F)cc2c1=O. The van der Waals surface area contributed by atoms with Crippen LogP contribution in [-0.4, -0.2) is 40.8 Å². The van der Waals surface area contributed by atoms with Crippen LogP contribution in [0.15, 0.2) is 35.3 Å². The third-order valence-corrected chi connectivity index (χ3v) is 5.51. The van der Waals surface area contributed by atoms with E-state index in [1.807, 2.05) is 0 Å². The molecule has 154 valence electrons. The summed E-state index contributed by atoms with van der Waals surface area (Å²) < 4.78 is 59.1. The van der Waals surface area contributed by atoms with Crippen LogP contribution in [0.1, 0.15) is 10.4 Å². The molecule has 2 N–H and O–H groups in total. The number of carbonyl (C=O) groups is 1. The monoisotopic (exact) mass is 419 g/mol. The molecule has 0 saturated carbocycles. The van der Waals surface area contributed by atoms with Gasteiger partial charge in [0.25, 0.3) is 0 Å². The van der Waals surface area contributed by atoms with Crippen molar-refractivity contribution in [2.24, 2.45) is 0 Å². The highest BCUT2D eigenvalue weighted by atomic mass is 19.1. The normalized spacial score (nSPS) is 19.9. The number of carboxylic acids is 1. The molecule has 6 nitrogen and oxygen atoms in total. The van der Waals surface area contributed by atoms with Gasteiger partial charge in [-0.1, -0.05) is 0 Å². The molecule has 2 unspecified atom stereocenters. The third-order valence-electron chi connectivity index (χ3n) is 5.51. The summed E-state index contributed by atoms with van der Waals surface area (Å²) >= 11 is 0. The molecule has 2 saturated heterocycles. The Labute approximate surface area is 166 Å². The number of aromatic carboxylic acids is 1. The van der Waals surface area contributed by atoms with Crippen LogP contribution in [0.5, 0.6) is 0 Å². The highest BCUT2D eigenvalue weighted by Gasteiger charge is 2.46. The molecule has 0 aliphatic carbocycles. The molecule has 2 atom stereocenters. The number of anilines is 1. The zero-order valence-corrected chi connectivity index (χ0v) is 15.1. The molecule has 3 heterocycles. The Bertz CT molecular complexity index is 1300. The van der Waals surface area contributed by atoms with Gasteiger partial charge in [-0.15, -0.1) is 0 Å². The van der Waals surface area contributed by atoms with Crippen LogP contribution < -0.4 is 15.6 Å². The van der Waals surface area contributed by atoms with Crippen molar-refractivity contribution in [3.8, 4) is 5.69 Å². The van der Waals surface area contributed by atoms with Gasteiger partial charge in [0.2, 0.25) is 5.43 Å². The van der Waals surface area contributed by atoms with Crippen LogP contribution in [0.2, 0.25) is 0 Å². The van der Waals surface area contributed by atoms with Gasteiger partial charge in [0.05, 0.1) is 16.6 Å². The number of aromatic nitrogens is 1. The van der Waals surface area contributed by atoms with Gasteiger partial charge in [-0.05, 0) is 18.2 Å². The lowest BCUT2D eigenvalue weighted by Crippen LogP contribution is -2.29. The summed E-state index contributed by atoms with van der Waals surface area (Å²) in [6, 6.07) is 3.43. The number of fused-ring (bicyclic) bond motifs is 2. The number of hydrogen-bond donors (Lipinski definition) is 2. The van der Waals surface area contributed by atoms with E-state index in [1.165, 1.54) is 4.90 Å². The zero-order chi connectivity index (χ0) is 21.3. The van der Waals surface area contributed by atoms with Crippen LogP contribution in [-0.2, 0) is 0 Å². The zero-order valence-electron chi connectivity index (χ0n) is 15.1. The van der Waals surface area contributed by atoms with Gasteiger partial charge in [0.15, 0.2) is 5.82 Å². The minimum Gasteiger partial charge on any atom is -0.477 e. The Balaban J connectivity index is 1.86. The second-order valence-electron chi connectivity index (χ2n) is 7.34. The predicted octanol–water partition coefficient (Wildman–Crippen LogP) is 2.41. The molecule has 0 radical (unpaired) electrons. The van der Waals surface area contributed by atoms with E-state index in [4.69, 9.17) is 0 Å². The van der Waals surface area contributed by atoms with E-state index < -0.39 is 51.1 Å². The number of nitrogens with one attached hydrogen (secondary N) is 1. The molecule has 2 aliphatic heterocycles. The number of nitrogens with zero attached hydrogens (tertiary/aromatic N) is 2. The Morgan fingerprint density at radius 1 is 1.07 bits per heavy atom. The number of halogens is 4. The van der Waals surface area contributed by atoms with Crippen molar-refractivity contribution in [2.45, 2.75) is 12.1 Å². The maximum Gasteiger partial charge on any atom is 0.341 e. The number of benzene rings is 2. The van der Waals surface area contributed by atoms with E-state index in [1.54, 1.807) is 0 Å². The van der Waals surface area contributed by atoms with Crippen molar-refractivity contribution in [1.29, 1.82) is 0 Å². The van der Waals surface area contributed by atoms with Crippen LogP contribution in [0, 0.1) is 23.3 Å². The Morgan fingerprint density at radius 2 is 1.77 bits per heavy atom. The van der Waals surface area contributed by atoms with E-state index in [0.717, 1.165) is 29.0 Å². The molecule has 2 aliphatic rings. The van der Waals surface area contributed by atoms with E-state index in [2.05, 4.69) is 5.32 Å². The number of carboxylic acid groups (broad SMARTS) is 1. The highest BCUT2D eigenvalue weighted by molar-refractivity contribution is 5.94. The molecule has 1 aromatic heterocycles. The van der Waals surface area contributed by atoms with Crippen molar-refractivity contribution < 1.29 is 27.5 Å². The second kappa shape index (κ2) is 6.30. The fourth-order valence-electron chi connectivity index (χ4n) is 4.02. The first-order valence-electron chi connectivity index (χ1n) is 9.03. The van der Waals surface area contributed by atoms with Crippen molar-refractivity contribution in [2.75, 3.05) is 18.0 Å². The molecule has 3 aromatic rings. The molecular formula is C20H13F4N3O3. The van der Waals surface area contributed by atoms with Gasteiger partial charge in [0.1, 0.15) is 28.7 Å². The molecule has 5 rings (SSSR count). The van der Waals surface area contributed by atoms with Gasteiger partial charge in [0, 0.05) is 37.4 Å². The van der Waals surface area contributed by atoms with Crippen LogP contribution in [0.25, 0.3) is 16.6 Å². The molecule has 30 heavy (non-hydrogen) atoms. The van der Waals surface area contributed by atoms with Crippen molar-refractivity contribution in [1.82, 2.24) is 9.88 Å². The Kier molecular flexibility index (Phi) is 3.91. The lowest BCUT2D eigenvalue weighted by atomic mass is 10.1. The summed E-state index contributed by atoms with van der Waals surface area (Å²) in [5.41, 5.74) is -3.15. The lowest BCUT2D eigenvalue weighted by molar-refractivity contribution is 0.0695. The Hall–Kier alpha value is -3.40. The summed E-state index contributed by atoms with van der Waals surface area (Å²) in [7, 11) is 0. The largest absolute Gasteiger partial charge is 0.477 e. The first kappa shape index (κ1) is 18.6. The maximum atomic E-state index is 15.6. The van der Waals surface area contributed by atoms with Gasteiger partial charge in [-0.3, -0.25) is 4.79 Å².